The molecule has 6 nitrogen and oxygen atoms in total. The lowest BCUT2D eigenvalue weighted by Gasteiger charge is -2.35. The van der Waals surface area contributed by atoms with Crippen LogP contribution in [0, 0.1) is 5.41 Å². The van der Waals surface area contributed by atoms with Gasteiger partial charge in [0.15, 0.2) is 12.2 Å². The fourth-order valence-electron chi connectivity index (χ4n) is 2.99. The van der Waals surface area contributed by atoms with E-state index in [4.69, 9.17) is 9.15 Å². The Labute approximate surface area is 147 Å². The molecule has 1 aliphatic rings. The van der Waals surface area contributed by atoms with Crippen molar-refractivity contribution < 1.29 is 13.9 Å². The standard InChI is InChI=1S/C17H21N3O3.ClH/c1-22-11-17(5-7-18-8-6-17)16(21)20-14-4-2-3-13(9-14)15-10-19-12-23-15;/h2-4,9-10,12,18H,5-8,11H2,1H3,(H,20,21);1H. The number of carbonyl (C=O) groups excluding carboxylic acids is 1. The van der Waals surface area contributed by atoms with Crippen molar-refractivity contribution in [3.05, 3.63) is 36.9 Å². The summed E-state index contributed by atoms with van der Waals surface area (Å²) in [6, 6.07) is 7.57. The van der Waals surface area contributed by atoms with Gasteiger partial charge in [-0.2, -0.15) is 0 Å². The Morgan fingerprint density at radius 2 is 2.21 bits per heavy atom. The largest absolute Gasteiger partial charge is 0.444 e. The fourth-order valence-corrected chi connectivity index (χ4v) is 2.99. The van der Waals surface area contributed by atoms with E-state index < -0.39 is 5.41 Å². The molecule has 2 N–H and O–H groups in total. The predicted octanol–water partition coefficient (Wildman–Crippen LogP) is 2.72. The summed E-state index contributed by atoms with van der Waals surface area (Å²) in [4.78, 5) is 16.7. The molecule has 0 atom stereocenters. The Kier molecular flexibility index (Phi) is 6.36. The van der Waals surface area contributed by atoms with E-state index in [1.54, 1.807) is 13.3 Å². The molecular weight excluding hydrogens is 330 g/mol. The number of hydrogen-bond donors (Lipinski definition) is 2. The zero-order valence-corrected chi connectivity index (χ0v) is 14.4. The second-order valence-electron chi connectivity index (χ2n) is 5.86. The van der Waals surface area contributed by atoms with Crippen molar-refractivity contribution >= 4 is 24.0 Å². The summed E-state index contributed by atoms with van der Waals surface area (Å²) in [5.74, 6) is 0.685. The molecule has 3 rings (SSSR count). The van der Waals surface area contributed by atoms with Crippen molar-refractivity contribution in [1.29, 1.82) is 0 Å². The van der Waals surface area contributed by atoms with E-state index in [0.29, 0.717) is 12.4 Å². The lowest BCUT2D eigenvalue weighted by molar-refractivity contribution is -0.130. The first-order valence-corrected chi connectivity index (χ1v) is 7.74. The van der Waals surface area contributed by atoms with E-state index in [1.807, 2.05) is 24.3 Å². The first-order chi connectivity index (χ1) is 11.2. The SMILES string of the molecule is COCC1(C(=O)Nc2cccc(-c3cnco3)c2)CCNCC1.Cl. The van der Waals surface area contributed by atoms with Crippen molar-refractivity contribution in [2.75, 3.05) is 32.1 Å². The van der Waals surface area contributed by atoms with E-state index >= 15 is 0 Å². The molecule has 24 heavy (non-hydrogen) atoms. The molecule has 2 heterocycles. The minimum Gasteiger partial charge on any atom is -0.444 e. The molecule has 1 aromatic heterocycles. The normalized spacial score (nSPS) is 16.2. The van der Waals surface area contributed by atoms with Gasteiger partial charge in [0.2, 0.25) is 5.91 Å². The van der Waals surface area contributed by atoms with Crippen LogP contribution < -0.4 is 10.6 Å². The summed E-state index contributed by atoms with van der Waals surface area (Å²) >= 11 is 0. The molecule has 0 saturated carbocycles. The number of anilines is 1. The molecule has 0 spiro atoms. The number of nitrogens with one attached hydrogen (secondary N) is 2. The highest BCUT2D eigenvalue weighted by Crippen LogP contribution is 2.31. The third-order valence-corrected chi connectivity index (χ3v) is 4.30. The molecule has 0 radical (unpaired) electrons. The average Bonchev–Trinajstić information content (AvgIpc) is 3.11. The highest BCUT2D eigenvalue weighted by molar-refractivity contribution is 5.96. The molecule has 2 aromatic rings. The summed E-state index contributed by atoms with van der Waals surface area (Å²) in [6.45, 7) is 2.09. The van der Waals surface area contributed by atoms with Crippen molar-refractivity contribution in [1.82, 2.24) is 10.3 Å². The van der Waals surface area contributed by atoms with Crippen LogP contribution >= 0.6 is 12.4 Å². The van der Waals surface area contributed by atoms with Crippen LogP contribution in [0.2, 0.25) is 0 Å². The van der Waals surface area contributed by atoms with E-state index in [1.165, 1.54) is 6.39 Å². The molecular formula is C17H22ClN3O3. The van der Waals surface area contributed by atoms with Gasteiger partial charge in [0.25, 0.3) is 0 Å². The van der Waals surface area contributed by atoms with Gasteiger partial charge in [0.05, 0.1) is 18.2 Å². The smallest absolute Gasteiger partial charge is 0.233 e. The predicted molar refractivity (Wildman–Crippen MR) is 94.2 cm³/mol. The highest BCUT2D eigenvalue weighted by atomic mass is 35.5. The van der Waals surface area contributed by atoms with Crippen molar-refractivity contribution in [2.45, 2.75) is 12.8 Å². The van der Waals surface area contributed by atoms with Gasteiger partial charge in [-0.25, -0.2) is 4.98 Å². The van der Waals surface area contributed by atoms with Crippen LogP contribution in [0.5, 0.6) is 0 Å². The quantitative estimate of drug-likeness (QED) is 0.866. The number of aromatic nitrogens is 1. The molecule has 1 fully saturated rings. The van der Waals surface area contributed by atoms with Gasteiger partial charge in [-0.05, 0) is 38.1 Å². The third-order valence-electron chi connectivity index (χ3n) is 4.30. The molecule has 0 aliphatic carbocycles. The van der Waals surface area contributed by atoms with E-state index in [-0.39, 0.29) is 18.3 Å². The summed E-state index contributed by atoms with van der Waals surface area (Å²) in [6.07, 6.45) is 4.59. The summed E-state index contributed by atoms with van der Waals surface area (Å²) in [7, 11) is 1.64. The number of benzene rings is 1. The fraction of sp³-hybridized carbons (Fsp3) is 0.412. The Morgan fingerprint density at radius 3 is 2.88 bits per heavy atom. The molecule has 0 bridgehead atoms. The van der Waals surface area contributed by atoms with Crippen molar-refractivity contribution in [2.24, 2.45) is 5.41 Å². The topological polar surface area (TPSA) is 76.4 Å². The van der Waals surface area contributed by atoms with Crippen LogP contribution in [0.4, 0.5) is 5.69 Å². The molecule has 1 saturated heterocycles. The number of rotatable bonds is 5. The maximum atomic E-state index is 12.8. The van der Waals surface area contributed by atoms with Gasteiger partial charge in [-0.3, -0.25) is 4.79 Å². The minimum atomic E-state index is -0.470. The minimum absolute atomic E-state index is 0. The lowest BCUT2D eigenvalue weighted by atomic mass is 9.78. The van der Waals surface area contributed by atoms with Gasteiger partial charge in [0.1, 0.15) is 0 Å². The summed E-state index contributed by atoms with van der Waals surface area (Å²) in [5, 5.41) is 6.32. The lowest BCUT2D eigenvalue weighted by Crippen LogP contribution is -2.47. The van der Waals surface area contributed by atoms with Crippen LogP contribution in [0.1, 0.15) is 12.8 Å². The molecule has 7 heteroatoms. The average molecular weight is 352 g/mol. The second kappa shape index (κ2) is 8.28. The molecule has 1 amide bonds. The Hall–Kier alpha value is -1.89. The molecule has 130 valence electrons. The number of ether oxygens (including phenoxy) is 1. The van der Waals surface area contributed by atoms with E-state index in [2.05, 4.69) is 15.6 Å². The van der Waals surface area contributed by atoms with Gasteiger partial charge in [-0.1, -0.05) is 12.1 Å². The van der Waals surface area contributed by atoms with E-state index in [0.717, 1.165) is 37.2 Å². The number of methoxy groups -OCH3 is 1. The van der Waals surface area contributed by atoms with Crippen LogP contribution in [-0.4, -0.2) is 37.7 Å². The van der Waals surface area contributed by atoms with Crippen LogP contribution in [0.25, 0.3) is 11.3 Å². The number of halogens is 1. The van der Waals surface area contributed by atoms with Crippen LogP contribution in [0.3, 0.4) is 0 Å². The maximum absolute atomic E-state index is 12.8. The van der Waals surface area contributed by atoms with Crippen molar-refractivity contribution in [3.8, 4) is 11.3 Å². The first kappa shape index (κ1) is 18.4. The Bertz CT molecular complexity index is 649. The van der Waals surface area contributed by atoms with Gasteiger partial charge >= 0.3 is 0 Å². The maximum Gasteiger partial charge on any atom is 0.233 e. The number of amides is 1. The second-order valence-corrected chi connectivity index (χ2v) is 5.86. The number of hydrogen-bond acceptors (Lipinski definition) is 5. The number of oxazole rings is 1. The van der Waals surface area contributed by atoms with E-state index in [9.17, 15) is 4.79 Å². The Balaban J connectivity index is 0.00000208. The third kappa shape index (κ3) is 3.95. The Morgan fingerprint density at radius 1 is 1.42 bits per heavy atom. The van der Waals surface area contributed by atoms with Crippen LogP contribution in [-0.2, 0) is 9.53 Å². The number of piperidine rings is 1. The van der Waals surface area contributed by atoms with Crippen molar-refractivity contribution in [3.63, 3.8) is 0 Å². The monoisotopic (exact) mass is 351 g/mol. The first-order valence-electron chi connectivity index (χ1n) is 7.74. The van der Waals surface area contributed by atoms with Gasteiger partial charge < -0.3 is 19.8 Å². The summed E-state index contributed by atoms with van der Waals surface area (Å²) in [5.41, 5.74) is 1.16. The number of nitrogens with zero attached hydrogens (tertiary/aromatic N) is 1. The van der Waals surface area contributed by atoms with Gasteiger partial charge in [-0.15, -0.1) is 12.4 Å². The highest BCUT2D eigenvalue weighted by Gasteiger charge is 2.39. The zero-order chi connectivity index (χ0) is 16.1. The zero-order valence-electron chi connectivity index (χ0n) is 13.6. The number of carbonyl (C=O) groups is 1. The van der Waals surface area contributed by atoms with Gasteiger partial charge in [0, 0.05) is 18.4 Å². The van der Waals surface area contributed by atoms with Crippen LogP contribution in [0.15, 0.2) is 41.3 Å². The molecule has 0 unspecified atom stereocenters. The molecule has 1 aromatic carbocycles. The molecule has 1 aliphatic heterocycles. The summed E-state index contributed by atoms with van der Waals surface area (Å²) < 4.78 is 10.6.